The third-order valence-corrected chi connectivity index (χ3v) is 8.30. The molecule has 17 heavy (non-hydrogen) atoms. The zero-order valence-electron chi connectivity index (χ0n) is 9.27. The zero-order chi connectivity index (χ0) is 12.3. The van der Waals surface area contributed by atoms with Crippen molar-refractivity contribution < 1.29 is 0 Å². The molecule has 3 nitrogen and oxygen atoms in total. The third kappa shape index (κ3) is 3.29. The van der Waals surface area contributed by atoms with E-state index in [0.29, 0.717) is 10.1 Å². The van der Waals surface area contributed by atoms with E-state index < -0.39 is 0 Å². The highest BCUT2D eigenvalue weighted by Crippen LogP contribution is 2.35. The van der Waals surface area contributed by atoms with Crippen LogP contribution in [-0.4, -0.2) is 37.9 Å². The highest BCUT2D eigenvalue weighted by Gasteiger charge is 2.30. The second kappa shape index (κ2) is 6.61. The van der Waals surface area contributed by atoms with Gasteiger partial charge in [-0.15, -0.1) is 11.8 Å². The molecular formula is C11H13I2N3S. The molecule has 2 rings (SSSR count). The number of hydrogen-bond acceptors (Lipinski definition) is 4. The number of rotatable bonds is 4. The average molecular weight is 473 g/mol. The largest absolute Gasteiger partial charge is 0.343 e. The Bertz CT molecular complexity index is 389. The molecule has 1 saturated heterocycles. The van der Waals surface area contributed by atoms with E-state index in [0.717, 1.165) is 33.7 Å². The van der Waals surface area contributed by atoms with Crippen LogP contribution in [0, 0.1) is 11.3 Å². The van der Waals surface area contributed by atoms with Gasteiger partial charge in [0.1, 0.15) is 12.2 Å². The molecule has 6 heteroatoms. The molecule has 2 atom stereocenters. The molecule has 2 aliphatic heterocycles. The summed E-state index contributed by atoms with van der Waals surface area (Å²) in [5, 5.41) is 10.3. The maximum absolute atomic E-state index is 9.16. The van der Waals surface area contributed by atoms with Crippen LogP contribution >= 0.6 is 56.9 Å². The Kier molecular flexibility index (Phi) is 5.42. The monoisotopic (exact) mass is 473 g/mol. The summed E-state index contributed by atoms with van der Waals surface area (Å²) >= 11 is 6.70. The normalized spacial score (nSPS) is 24.8. The molecule has 2 heterocycles. The summed E-state index contributed by atoms with van der Waals surface area (Å²) in [5.41, 5.74) is 0.741. The standard InChI is InChI=1S/C11H13I2N3S/c12-4-9(13)7-17-11-8(5-14)6-15-10-2-1-3-16(10)11/h6,9-10H,1-4,7H2/t9-,10+/m1/s1. The summed E-state index contributed by atoms with van der Waals surface area (Å²) in [4.78, 5) is 6.75. The summed E-state index contributed by atoms with van der Waals surface area (Å²) in [7, 11) is 0. The smallest absolute Gasteiger partial charge is 0.121 e. The fraction of sp³-hybridized carbons (Fsp3) is 0.636. The van der Waals surface area contributed by atoms with Crippen molar-refractivity contribution >= 4 is 63.2 Å². The molecule has 2 aliphatic rings. The maximum Gasteiger partial charge on any atom is 0.121 e. The Balaban J connectivity index is 2.11. The van der Waals surface area contributed by atoms with Crippen molar-refractivity contribution in [3.05, 3.63) is 10.6 Å². The number of fused-ring (bicyclic) bond motifs is 1. The minimum atomic E-state index is 0.293. The second-order valence-electron chi connectivity index (χ2n) is 3.99. The SMILES string of the molecule is N#CC1=C(SC[C@H](I)CI)N2CCC[C@H]2N=C1. The molecule has 0 spiro atoms. The molecular weight excluding hydrogens is 460 g/mol. The van der Waals surface area contributed by atoms with Gasteiger partial charge in [-0.05, 0) is 12.8 Å². The van der Waals surface area contributed by atoms with Gasteiger partial charge in [0.05, 0.1) is 10.6 Å². The van der Waals surface area contributed by atoms with Crippen LogP contribution in [0.4, 0.5) is 0 Å². The number of halogens is 2. The molecule has 0 radical (unpaired) electrons. The third-order valence-electron chi connectivity index (χ3n) is 2.78. The minimum absolute atomic E-state index is 0.293. The fourth-order valence-corrected chi connectivity index (χ4v) is 4.33. The number of nitrogens with zero attached hydrogens (tertiary/aromatic N) is 3. The number of hydrogen-bond donors (Lipinski definition) is 0. The molecule has 1 fully saturated rings. The molecule has 0 aliphatic carbocycles. The molecule has 92 valence electrons. The van der Waals surface area contributed by atoms with E-state index >= 15 is 0 Å². The van der Waals surface area contributed by atoms with Gasteiger partial charge in [-0.1, -0.05) is 45.2 Å². The van der Waals surface area contributed by atoms with Crippen molar-refractivity contribution in [2.45, 2.75) is 22.9 Å². The fourth-order valence-electron chi connectivity index (χ4n) is 1.96. The van der Waals surface area contributed by atoms with Crippen LogP contribution < -0.4 is 0 Å². The van der Waals surface area contributed by atoms with E-state index in [-0.39, 0.29) is 0 Å². The van der Waals surface area contributed by atoms with Crippen molar-refractivity contribution in [3.63, 3.8) is 0 Å². The van der Waals surface area contributed by atoms with Gasteiger partial charge in [0, 0.05) is 26.9 Å². The number of aliphatic imine (C=N–C) groups is 1. The van der Waals surface area contributed by atoms with Gasteiger partial charge < -0.3 is 4.90 Å². The van der Waals surface area contributed by atoms with Gasteiger partial charge in [0.15, 0.2) is 0 Å². The second-order valence-corrected chi connectivity index (χ2v) is 7.64. The van der Waals surface area contributed by atoms with E-state index in [9.17, 15) is 0 Å². The molecule has 0 aromatic carbocycles. The van der Waals surface area contributed by atoms with E-state index in [2.05, 4.69) is 61.1 Å². The molecule has 0 saturated carbocycles. The van der Waals surface area contributed by atoms with Crippen LogP contribution in [-0.2, 0) is 0 Å². The van der Waals surface area contributed by atoms with E-state index in [1.165, 1.54) is 6.42 Å². The predicted molar refractivity (Wildman–Crippen MR) is 90.0 cm³/mol. The lowest BCUT2D eigenvalue weighted by atomic mass is 10.3. The molecule has 0 amide bonds. The van der Waals surface area contributed by atoms with Crippen molar-refractivity contribution in [2.24, 2.45) is 4.99 Å². The first-order valence-electron chi connectivity index (χ1n) is 5.53. The number of alkyl halides is 2. The zero-order valence-corrected chi connectivity index (χ0v) is 14.4. The van der Waals surface area contributed by atoms with Gasteiger partial charge in [0.2, 0.25) is 0 Å². The van der Waals surface area contributed by atoms with Gasteiger partial charge in [-0.25, -0.2) is 0 Å². The molecule has 0 bridgehead atoms. The number of thioether (sulfide) groups is 1. The highest BCUT2D eigenvalue weighted by molar-refractivity contribution is 14.1. The van der Waals surface area contributed by atoms with Crippen LogP contribution in [0.1, 0.15) is 12.8 Å². The Morgan fingerprint density at radius 2 is 2.53 bits per heavy atom. The number of nitriles is 1. The van der Waals surface area contributed by atoms with E-state index in [1.54, 1.807) is 6.21 Å². The van der Waals surface area contributed by atoms with Crippen molar-refractivity contribution in [3.8, 4) is 6.07 Å². The molecule has 0 unspecified atom stereocenters. The summed E-state index contributed by atoms with van der Waals surface area (Å²) in [5.74, 6) is 1.07. The summed E-state index contributed by atoms with van der Waals surface area (Å²) in [6, 6.07) is 2.27. The predicted octanol–water partition coefficient (Wildman–Crippen LogP) is 3.20. The first kappa shape index (κ1) is 13.9. The minimum Gasteiger partial charge on any atom is -0.343 e. The lowest BCUT2D eigenvalue weighted by Gasteiger charge is -2.29. The van der Waals surface area contributed by atoms with Crippen LogP contribution in [0.5, 0.6) is 0 Å². The Morgan fingerprint density at radius 3 is 3.24 bits per heavy atom. The topological polar surface area (TPSA) is 39.4 Å². The van der Waals surface area contributed by atoms with E-state index in [4.69, 9.17) is 5.26 Å². The van der Waals surface area contributed by atoms with Crippen LogP contribution in [0.25, 0.3) is 0 Å². The lowest BCUT2D eigenvalue weighted by Crippen LogP contribution is -2.30. The summed E-state index contributed by atoms with van der Waals surface area (Å²) < 4.78 is 1.81. The highest BCUT2D eigenvalue weighted by atomic mass is 127. The van der Waals surface area contributed by atoms with Crippen molar-refractivity contribution in [1.82, 2.24) is 4.90 Å². The Hall–Kier alpha value is 0.510. The van der Waals surface area contributed by atoms with Gasteiger partial charge >= 0.3 is 0 Å². The van der Waals surface area contributed by atoms with Gasteiger partial charge in [-0.2, -0.15) is 5.26 Å². The van der Waals surface area contributed by atoms with Crippen molar-refractivity contribution in [2.75, 3.05) is 16.7 Å². The van der Waals surface area contributed by atoms with Crippen LogP contribution in [0.15, 0.2) is 15.6 Å². The van der Waals surface area contributed by atoms with Crippen molar-refractivity contribution in [1.29, 1.82) is 5.26 Å². The van der Waals surface area contributed by atoms with E-state index in [1.807, 2.05) is 11.8 Å². The molecule has 0 N–H and O–H groups in total. The first-order chi connectivity index (χ1) is 8.26. The van der Waals surface area contributed by atoms with Crippen LogP contribution in [0.2, 0.25) is 0 Å². The summed E-state index contributed by atoms with van der Waals surface area (Å²) in [6.07, 6.45) is 4.37. The first-order valence-corrected chi connectivity index (χ1v) is 9.29. The maximum atomic E-state index is 9.16. The van der Waals surface area contributed by atoms with Crippen LogP contribution in [0.3, 0.4) is 0 Å². The number of allylic oxidation sites excluding steroid dienone is 1. The average Bonchev–Trinajstić information content (AvgIpc) is 2.83. The van der Waals surface area contributed by atoms with Gasteiger partial charge in [-0.3, -0.25) is 4.99 Å². The molecule has 0 aromatic rings. The summed E-state index contributed by atoms with van der Waals surface area (Å²) in [6.45, 7) is 1.05. The Morgan fingerprint density at radius 1 is 1.71 bits per heavy atom. The lowest BCUT2D eigenvalue weighted by molar-refractivity contribution is 0.347. The quantitative estimate of drug-likeness (QED) is 0.466. The molecule has 0 aromatic heterocycles. The Labute approximate surface area is 133 Å². The van der Waals surface area contributed by atoms with Gasteiger partial charge in [0.25, 0.3) is 0 Å².